The van der Waals surface area contributed by atoms with Crippen molar-refractivity contribution in [3.63, 3.8) is 0 Å². The number of nitrogens with zero attached hydrogens (tertiary/aromatic N) is 4. The van der Waals surface area contributed by atoms with Gasteiger partial charge in [-0.25, -0.2) is 9.37 Å². The topological polar surface area (TPSA) is 84.0 Å². The molecule has 5 aromatic rings. The molecule has 0 unspecified atom stereocenters. The van der Waals surface area contributed by atoms with E-state index in [2.05, 4.69) is 19.9 Å². The van der Waals surface area contributed by atoms with Gasteiger partial charge in [-0.1, -0.05) is 12.1 Å². The fourth-order valence-corrected chi connectivity index (χ4v) is 4.42. The lowest BCUT2D eigenvalue weighted by molar-refractivity contribution is 0.0303. The first-order valence-electron chi connectivity index (χ1n) is 11.0. The number of halogens is 1. The summed E-state index contributed by atoms with van der Waals surface area (Å²) in [6.07, 6.45) is 6.39. The number of hydrogen-bond acceptors (Lipinski definition) is 5. The predicted octanol–water partition coefficient (Wildman–Crippen LogP) is 4.45. The molecule has 34 heavy (non-hydrogen) atoms. The van der Waals surface area contributed by atoms with E-state index in [0.717, 1.165) is 22.2 Å². The zero-order valence-electron chi connectivity index (χ0n) is 18.2. The van der Waals surface area contributed by atoms with Crippen molar-refractivity contribution in [3.05, 3.63) is 78.6 Å². The van der Waals surface area contributed by atoms with Gasteiger partial charge in [0.15, 0.2) is 0 Å². The Hall–Kier alpha value is -4.17. The van der Waals surface area contributed by atoms with Crippen molar-refractivity contribution in [3.8, 4) is 22.4 Å². The Kier molecular flexibility index (Phi) is 5.00. The summed E-state index contributed by atoms with van der Waals surface area (Å²) in [4.78, 5) is 30.8. The molecular formula is C26H20FN5O2. The number of amides is 1. The zero-order chi connectivity index (χ0) is 23.1. The van der Waals surface area contributed by atoms with Crippen LogP contribution in [0.2, 0.25) is 0 Å². The van der Waals surface area contributed by atoms with E-state index < -0.39 is 5.82 Å². The maximum absolute atomic E-state index is 15.2. The number of benzene rings is 1. The molecule has 0 atom stereocenters. The summed E-state index contributed by atoms with van der Waals surface area (Å²) in [5.41, 5.74) is 4.62. The van der Waals surface area contributed by atoms with Crippen molar-refractivity contribution in [2.75, 3.05) is 26.3 Å². The van der Waals surface area contributed by atoms with Crippen LogP contribution < -0.4 is 0 Å². The van der Waals surface area contributed by atoms with Crippen LogP contribution in [0, 0.1) is 5.82 Å². The molecule has 4 aromatic heterocycles. The van der Waals surface area contributed by atoms with Crippen molar-refractivity contribution in [2.24, 2.45) is 0 Å². The highest BCUT2D eigenvalue weighted by atomic mass is 19.1. The lowest BCUT2D eigenvalue weighted by Gasteiger charge is -2.26. The minimum atomic E-state index is -0.430. The Labute approximate surface area is 194 Å². The van der Waals surface area contributed by atoms with Crippen LogP contribution in [0.15, 0.2) is 67.3 Å². The van der Waals surface area contributed by atoms with Crippen LogP contribution in [0.3, 0.4) is 0 Å². The number of morpholine rings is 1. The van der Waals surface area contributed by atoms with Crippen LogP contribution in [0.1, 0.15) is 10.4 Å². The zero-order valence-corrected chi connectivity index (χ0v) is 18.2. The fraction of sp³-hybridized carbons (Fsp3) is 0.154. The Balaban J connectivity index is 1.46. The third kappa shape index (κ3) is 3.48. The molecule has 6 rings (SSSR count). The largest absolute Gasteiger partial charge is 0.378 e. The molecule has 168 valence electrons. The van der Waals surface area contributed by atoms with Gasteiger partial charge in [0.2, 0.25) is 0 Å². The highest BCUT2D eigenvalue weighted by Crippen LogP contribution is 2.36. The van der Waals surface area contributed by atoms with E-state index in [0.29, 0.717) is 54.0 Å². The quantitative estimate of drug-likeness (QED) is 0.436. The maximum atomic E-state index is 15.2. The van der Waals surface area contributed by atoms with E-state index in [-0.39, 0.29) is 5.91 Å². The Morgan fingerprint density at radius 1 is 1.00 bits per heavy atom. The number of carbonyl (C=O) groups excluding carboxylic acids is 1. The third-order valence-corrected chi connectivity index (χ3v) is 6.14. The number of aromatic nitrogens is 4. The first-order chi connectivity index (χ1) is 16.7. The van der Waals surface area contributed by atoms with Crippen LogP contribution in [-0.4, -0.2) is 57.0 Å². The van der Waals surface area contributed by atoms with Gasteiger partial charge in [0.05, 0.1) is 36.8 Å². The monoisotopic (exact) mass is 453 g/mol. The number of H-pyrrole nitrogens is 1. The third-order valence-electron chi connectivity index (χ3n) is 6.14. The second-order valence-corrected chi connectivity index (χ2v) is 8.17. The average Bonchev–Trinajstić information content (AvgIpc) is 3.27. The first kappa shape index (κ1) is 20.4. The molecule has 1 saturated heterocycles. The molecule has 0 radical (unpaired) electrons. The summed E-state index contributed by atoms with van der Waals surface area (Å²) in [6, 6.07) is 12.8. The van der Waals surface area contributed by atoms with E-state index >= 15 is 4.39 Å². The molecule has 1 N–H and O–H groups in total. The van der Waals surface area contributed by atoms with Gasteiger partial charge < -0.3 is 14.6 Å². The van der Waals surface area contributed by atoms with Crippen LogP contribution in [0.4, 0.5) is 4.39 Å². The van der Waals surface area contributed by atoms with Crippen molar-refractivity contribution >= 4 is 27.8 Å². The molecule has 1 aliphatic heterocycles. The number of fused-ring (bicyclic) bond motifs is 3. The highest BCUT2D eigenvalue weighted by molar-refractivity contribution is 6.13. The number of nitrogens with one attached hydrogen (secondary N) is 1. The number of aromatic amines is 1. The molecule has 1 aromatic carbocycles. The van der Waals surface area contributed by atoms with Gasteiger partial charge in [0.1, 0.15) is 11.5 Å². The minimum Gasteiger partial charge on any atom is -0.378 e. The lowest BCUT2D eigenvalue weighted by Crippen LogP contribution is -2.40. The number of hydrogen-bond donors (Lipinski definition) is 1. The number of pyridine rings is 3. The smallest absolute Gasteiger partial charge is 0.254 e. The van der Waals surface area contributed by atoms with Crippen molar-refractivity contribution in [1.29, 1.82) is 0 Å². The fourth-order valence-electron chi connectivity index (χ4n) is 4.42. The number of rotatable bonds is 3. The van der Waals surface area contributed by atoms with E-state index in [9.17, 15) is 4.79 Å². The van der Waals surface area contributed by atoms with E-state index in [1.54, 1.807) is 47.8 Å². The van der Waals surface area contributed by atoms with Crippen LogP contribution in [-0.2, 0) is 4.74 Å². The summed E-state index contributed by atoms with van der Waals surface area (Å²) in [6.45, 7) is 2.23. The molecule has 1 fully saturated rings. The van der Waals surface area contributed by atoms with Crippen molar-refractivity contribution in [2.45, 2.75) is 0 Å². The van der Waals surface area contributed by atoms with Gasteiger partial charge >= 0.3 is 0 Å². The van der Waals surface area contributed by atoms with Crippen molar-refractivity contribution in [1.82, 2.24) is 24.8 Å². The van der Waals surface area contributed by atoms with E-state index in [1.165, 1.54) is 6.20 Å². The standard InChI is InChI=1S/C26H20FN5O2/c27-20-14-30-25-24(19-12-21(29-15-22(19)31-25)18-2-1-7-28-13-18)23(20)16-3-5-17(6-4-16)26(33)32-8-10-34-11-9-32/h1-7,12-15H,8-11H2,(H,30,31). The van der Waals surface area contributed by atoms with E-state index in [4.69, 9.17) is 4.74 Å². The van der Waals surface area contributed by atoms with Gasteiger partial charge in [-0.3, -0.25) is 14.8 Å². The molecule has 8 heteroatoms. The van der Waals surface area contributed by atoms with Gasteiger partial charge in [-0.2, -0.15) is 0 Å². The SMILES string of the molecule is O=C(c1ccc(-c2c(F)cnc3[nH]c4cnc(-c5cccnc5)cc4c23)cc1)N1CCOCC1. The first-order valence-corrected chi connectivity index (χ1v) is 11.0. The molecule has 5 heterocycles. The van der Waals surface area contributed by atoms with Gasteiger partial charge in [-0.15, -0.1) is 0 Å². The number of ether oxygens (including phenoxy) is 1. The summed E-state index contributed by atoms with van der Waals surface area (Å²) >= 11 is 0. The molecule has 7 nitrogen and oxygen atoms in total. The van der Waals surface area contributed by atoms with Crippen molar-refractivity contribution < 1.29 is 13.9 Å². The Morgan fingerprint density at radius 3 is 2.59 bits per heavy atom. The summed E-state index contributed by atoms with van der Waals surface area (Å²) in [5.74, 6) is -0.477. The van der Waals surface area contributed by atoms with Gasteiger partial charge in [-0.05, 0) is 35.9 Å². The number of carbonyl (C=O) groups is 1. The molecule has 1 aliphatic rings. The van der Waals surface area contributed by atoms with Crippen LogP contribution in [0.5, 0.6) is 0 Å². The second-order valence-electron chi connectivity index (χ2n) is 8.17. The Bertz CT molecular complexity index is 1510. The maximum Gasteiger partial charge on any atom is 0.254 e. The molecule has 0 aliphatic carbocycles. The minimum absolute atomic E-state index is 0.0468. The highest BCUT2D eigenvalue weighted by Gasteiger charge is 2.20. The molecule has 0 bridgehead atoms. The molecule has 1 amide bonds. The summed E-state index contributed by atoms with van der Waals surface area (Å²) in [5, 5.41) is 1.49. The van der Waals surface area contributed by atoms with Crippen LogP contribution >= 0.6 is 0 Å². The predicted molar refractivity (Wildman–Crippen MR) is 127 cm³/mol. The van der Waals surface area contributed by atoms with Crippen LogP contribution in [0.25, 0.3) is 44.3 Å². The normalized spacial score (nSPS) is 14.1. The lowest BCUT2D eigenvalue weighted by atomic mass is 9.99. The van der Waals surface area contributed by atoms with E-state index in [1.807, 2.05) is 18.2 Å². The summed E-state index contributed by atoms with van der Waals surface area (Å²) < 4.78 is 20.5. The molecule has 0 spiro atoms. The Morgan fingerprint density at radius 2 is 1.82 bits per heavy atom. The molecular weight excluding hydrogens is 433 g/mol. The van der Waals surface area contributed by atoms with Gasteiger partial charge in [0, 0.05) is 52.9 Å². The average molecular weight is 453 g/mol. The van der Waals surface area contributed by atoms with Gasteiger partial charge in [0.25, 0.3) is 5.91 Å². The second kappa shape index (κ2) is 8.31. The molecule has 0 saturated carbocycles. The summed E-state index contributed by atoms with van der Waals surface area (Å²) in [7, 11) is 0.